The molecule has 0 unspecified atom stereocenters. The minimum absolute atomic E-state index is 0.0342. The smallest absolute Gasteiger partial charge is 0.311 e. The number of pyridine rings is 1. The van der Waals surface area contributed by atoms with Gasteiger partial charge >= 0.3 is 5.69 Å². The average molecular weight is 314 g/mol. The van der Waals surface area contributed by atoms with Gasteiger partial charge in [0.1, 0.15) is 0 Å². The van der Waals surface area contributed by atoms with E-state index in [4.69, 9.17) is 4.74 Å². The van der Waals surface area contributed by atoms with Crippen molar-refractivity contribution in [1.82, 2.24) is 10.4 Å². The molecule has 0 spiro atoms. The Labute approximate surface area is 132 Å². The number of benzene rings is 1. The molecule has 0 aliphatic carbocycles. The summed E-state index contributed by atoms with van der Waals surface area (Å²) in [6.07, 6.45) is 4.64. The van der Waals surface area contributed by atoms with Gasteiger partial charge in [-0.1, -0.05) is 12.1 Å². The molecule has 1 N–H and O–H groups in total. The molecule has 8 heteroatoms. The number of nitrogens with one attached hydrogen (secondary N) is 1. The van der Waals surface area contributed by atoms with Gasteiger partial charge in [-0.3, -0.25) is 19.9 Å². The molecule has 1 heterocycles. The second kappa shape index (κ2) is 7.64. The molecule has 0 aliphatic heterocycles. The highest BCUT2D eigenvalue weighted by molar-refractivity contribution is 5.82. The largest absolute Gasteiger partial charge is 0.477 e. The van der Waals surface area contributed by atoms with Gasteiger partial charge < -0.3 is 4.74 Å². The fourth-order valence-electron chi connectivity index (χ4n) is 1.70. The van der Waals surface area contributed by atoms with Gasteiger partial charge in [0, 0.05) is 24.0 Å². The number of hydrazone groups is 1. The summed E-state index contributed by atoms with van der Waals surface area (Å²) in [5, 5.41) is 14.7. The maximum absolute atomic E-state index is 11.6. The van der Waals surface area contributed by atoms with Gasteiger partial charge in [0.25, 0.3) is 5.91 Å². The normalized spacial score (nSPS) is 10.5. The van der Waals surface area contributed by atoms with E-state index in [-0.39, 0.29) is 18.0 Å². The predicted molar refractivity (Wildman–Crippen MR) is 83.3 cm³/mol. The third-order valence-corrected chi connectivity index (χ3v) is 2.76. The summed E-state index contributed by atoms with van der Waals surface area (Å²) in [4.78, 5) is 25.9. The van der Waals surface area contributed by atoms with Crippen LogP contribution in [0.1, 0.15) is 11.1 Å². The molecular weight excluding hydrogens is 300 g/mol. The highest BCUT2D eigenvalue weighted by atomic mass is 16.6. The van der Waals surface area contributed by atoms with Crippen molar-refractivity contribution in [1.29, 1.82) is 0 Å². The highest BCUT2D eigenvalue weighted by Crippen LogP contribution is 2.27. The zero-order valence-corrected chi connectivity index (χ0v) is 12.3. The molecule has 0 fully saturated rings. The molecule has 1 aromatic heterocycles. The lowest BCUT2D eigenvalue weighted by molar-refractivity contribution is -0.385. The first-order valence-corrected chi connectivity index (χ1v) is 6.66. The standard InChI is InChI=1S/C15H14N4O4/c1-11-4-5-14(13(7-11)19(21)22)23-10-15(20)18-17-9-12-3-2-6-16-8-12/h2-9H,10H2,1H3,(H,18,20)/b17-9-. The van der Waals surface area contributed by atoms with Crippen LogP contribution in [0.5, 0.6) is 5.75 Å². The summed E-state index contributed by atoms with van der Waals surface area (Å²) < 4.78 is 5.18. The molecule has 118 valence electrons. The summed E-state index contributed by atoms with van der Waals surface area (Å²) in [5.41, 5.74) is 3.54. The third kappa shape index (κ3) is 4.88. The number of hydrogen-bond acceptors (Lipinski definition) is 6. The minimum atomic E-state index is -0.555. The van der Waals surface area contributed by atoms with Crippen molar-refractivity contribution >= 4 is 17.8 Å². The molecule has 0 radical (unpaired) electrons. The number of amides is 1. The Morgan fingerprint density at radius 2 is 2.30 bits per heavy atom. The van der Waals surface area contributed by atoms with Crippen LogP contribution in [0.4, 0.5) is 5.69 Å². The minimum Gasteiger partial charge on any atom is -0.477 e. The maximum Gasteiger partial charge on any atom is 0.311 e. The van der Waals surface area contributed by atoms with Gasteiger partial charge in [-0.15, -0.1) is 0 Å². The summed E-state index contributed by atoms with van der Waals surface area (Å²) in [6.45, 7) is 1.35. The molecule has 23 heavy (non-hydrogen) atoms. The van der Waals surface area contributed by atoms with E-state index < -0.39 is 10.8 Å². The first-order chi connectivity index (χ1) is 11.1. The molecule has 2 rings (SSSR count). The number of nitro benzene ring substituents is 1. The van der Waals surface area contributed by atoms with E-state index in [1.807, 2.05) is 0 Å². The van der Waals surface area contributed by atoms with Crippen LogP contribution in [-0.4, -0.2) is 28.6 Å². The van der Waals surface area contributed by atoms with Crippen LogP contribution in [0, 0.1) is 17.0 Å². The number of aryl methyl sites for hydroxylation is 1. The number of rotatable bonds is 6. The fourth-order valence-corrected chi connectivity index (χ4v) is 1.70. The predicted octanol–water partition coefficient (Wildman–Crippen LogP) is 1.83. The summed E-state index contributed by atoms with van der Waals surface area (Å²) in [7, 11) is 0. The second-order valence-electron chi connectivity index (χ2n) is 4.60. The Bertz CT molecular complexity index is 732. The molecule has 2 aromatic rings. The summed E-state index contributed by atoms with van der Waals surface area (Å²) in [5.74, 6) is -0.494. The van der Waals surface area contributed by atoms with Gasteiger partial charge in [-0.2, -0.15) is 5.10 Å². The SMILES string of the molecule is Cc1ccc(OCC(=O)N/N=C\c2cccnc2)c([N+](=O)[O-])c1. The van der Waals surface area contributed by atoms with Crippen molar-refractivity contribution in [2.75, 3.05) is 6.61 Å². The number of ether oxygens (including phenoxy) is 1. The topological polar surface area (TPSA) is 107 Å². The van der Waals surface area contributed by atoms with E-state index in [0.29, 0.717) is 0 Å². The molecule has 0 saturated heterocycles. The number of carbonyl (C=O) groups excluding carboxylic acids is 1. The second-order valence-corrected chi connectivity index (χ2v) is 4.60. The number of aromatic nitrogens is 1. The summed E-state index contributed by atoms with van der Waals surface area (Å²) >= 11 is 0. The van der Waals surface area contributed by atoms with E-state index in [9.17, 15) is 14.9 Å². The Morgan fingerprint density at radius 3 is 3.00 bits per heavy atom. The maximum atomic E-state index is 11.6. The van der Waals surface area contributed by atoms with Crippen molar-refractivity contribution in [2.24, 2.45) is 5.10 Å². The van der Waals surface area contributed by atoms with Gasteiger partial charge in [0.2, 0.25) is 0 Å². The molecule has 8 nitrogen and oxygen atoms in total. The van der Waals surface area contributed by atoms with Gasteiger partial charge in [0.15, 0.2) is 12.4 Å². The van der Waals surface area contributed by atoms with Crippen molar-refractivity contribution < 1.29 is 14.5 Å². The summed E-state index contributed by atoms with van der Waals surface area (Å²) in [6, 6.07) is 8.02. The number of hydrogen-bond donors (Lipinski definition) is 1. The Morgan fingerprint density at radius 1 is 1.48 bits per heavy atom. The lowest BCUT2D eigenvalue weighted by atomic mass is 10.2. The van der Waals surface area contributed by atoms with Crippen LogP contribution in [-0.2, 0) is 4.79 Å². The number of nitrogens with zero attached hydrogens (tertiary/aromatic N) is 3. The van der Waals surface area contributed by atoms with Crippen LogP contribution >= 0.6 is 0 Å². The average Bonchev–Trinajstić information content (AvgIpc) is 2.54. The Kier molecular flexibility index (Phi) is 5.35. The lowest BCUT2D eigenvalue weighted by Crippen LogP contribution is -2.24. The third-order valence-electron chi connectivity index (χ3n) is 2.76. The Balaban J connectivity index is 1.90. The Hall–Kier alpha value is -3.29. The number of carbonyl (C=O) groups is 1. The van der Waals surface area contributed by atoms with E-state index in [0.717, 1.165) is 11.1 Å². The molecule has 0 saturated carbocycles. The van der Waals surface area contributed by atoms with E-state index in [1.165, 1.54) is 18.3 Å². The monoisotopic (exact) mass is 314 g/mol. The van der Waals surface area contributed by atoms with Crippen LogP contribution < -0.4 is 10.2 Å². The molecule has 1 amide bonds. The zero-order valence-electron chi connectivity index (χ0n) is 12.3. The van der Waals surface area contributed by atoms with Crippen molar-refractivity contribution in [3.8, 4) is 5.75 Å². The lowest BCUT2D eigenvalue weighted by Gasteiger charge is -2.06. The van der Waals surface area contributed by atoms with Gasteiger partial charge in [0.05, 0.1) is 11.1 Å². The molecular formula is C15H14N4O4. The van der Waals surface area contributed by atoms with Gasteiger partial charge in [-0.25, -0.2) is 5.43 Å². The first kappa shape index (κ1) is 16.1. The first-order valence-electron chi connectivity index (χ1n) is 6.66. The van der Waals surface area contributed by atoms with Crippen LogP contribution in [0.25, 0.3) is 0 Å². The van der Waals surface area contributed by atoms with E-state index in [1.54, 1.807) is 37.5 Å². The van der Waals surface area contributed by atoms with Crippen LogP contribution in [0.15, 0.2) is 47.8 Å². The molecule has 0 atom stereocenters. The van der Waals surface area contributed by atoms with Crippen LogP contribution in [0.3, 0.4) is 0 Å². The van der Waals surface area contributed by atoms with Gasteiger partial charge in [-0.05, 0) is 24.6 Å². The van der Waals surface area contributed by atoms with Crippen LogP contribution in [0.2, 0.25) is 0 Å². The fraction of sp³-hybridized carbons (Fsp3) is 0.133. The molecule has 0 aliphatic rings. The zero-order chi connectivity index (χ0) is 16.7. The quantitative estimate of drug-likeness (QED) is 0.497. The van der Waals surface area contributed by atoms with Crippen molar-refractivity contribution in [2.45, 2.75) is 6.92 Å². The highest BCUT2D eigenvalue weighted by Gasteiger charge is 2.16. The van der Waals surface area contributed by atoms with E-state index >= 15 is 0 Å². The molecule has 0 bridgehead atoms. The van der Waals surface area contributed by atoms with Crippen molar-refractivity contribution in [3.63, 3.8) is 0 Å². The molecule has 1 aromatic carbocycles. The van der Waals surface area contributed by atoms with E-state index in [2.05, 4.69) is 15.5 Å². The van der Waals surface area contributed by atoms with Crippen molar-refractivity contribution in [3.05, 3.63) is 64.0 Å². The number of nitro groups is 1.